The summed E-state index contributed by atoms with van der Waals surface area (Å²) in [6.07, 6.45) is 0. The lowest BCUT2D eigenvalue weighted by Gasteiger charge is -2.04. The molecule has 0 bridgehead atoms. The van der Waals surface area contributed by atoms with Gasteiger partial charge in [0.2, 0.25) is 0 Å². The zero-order valence-corrected chi connectivity index (χ0v) is 10.9. The zero-order valence-electron chi connectivity index (χ0n) is 7.70. The Morgan fingerprint density at radius 1 is 1.15 bits per heavy atom. The van der Waals surface area contributed by atoms with Gasteiger partial charge < -0.3 is 4.74 Å². The van der Waals surface area contributed by atoms with Crippen molar-refractivity contribution < 1.29 is 9.13 Å². The fourth-order valence-corrected chi connectivity index (χ4v) is 2.18. The van der Waals surface area contributed by atoms with Gasteiger partial charge in [0.1, 0.15) is 11.6 Å². The average molecular weight is 314 g/mol. The molecule has 0 aliphatic heterocycles. The van der Waals surface area contributed by atoms with Crippen molar-refractivity contribution in [3.05, 3.63) is 26.9 Å². The highest BCUT2D eigenvalue weighted by Crippen LogP contribution is 2.33. The van der Waals surface area contributed by atoms with Crippen LogP contribution in [0, 0.1) is 5.82 Å². The van der Waals surface area contributed by atoms with Crippen LogP contribution in [0.25, 0.3) is 0 Å². The van der Waals surface area contributed by atoms with Crippen LogP contribution in [0.3, 0.4) is 0 Å². The van der Waals surface area contributed by atoms with Gasteiger partial charge in [-0.15, -0.1) is 0 Å². The average Bonchev–Trinajstić information content (AvgIpc) is 2.07. The highest BCUT2D eigenvalue weighted by Gasteiger charge is 2.06. The summed E-state index contributed by atoms with van der Waals surface area (Å²) in [6.45, 7) is 4.00. The van der Waals surface area contributed by atoms with Crippen LogP contribution in [-0.2, 0) is 0 Å². The number of benzene rings is 1. The molecule has 0 radical (unpaired) electrons. The van der Waals surface area contributed by atoms with Crippen LogP contribution in [0.2, 0.25) is 0 Å². The molecule has 0 aromatic heterocycles. The number of hydrogen-bond acceptors (Lipinski definition) is 1. The summed E-state index contributed by atoms with van der Waals surface area (Å²) < 4.78 is 18.8. The lowest BCUT2D eigenvalue weighted by Crippen LogP contribution is -1.87. The Labute approximate surface area is 94.5 Å². The van der Waals surface area contributed by atoms with Crippen molar-refractivity contribution in [3.63, 3.8) is 0 Å². The largest absolute Gasteiger partial charge is 0.494 e. The van der Waals surface area contributed by atoms with Crippen molar-refractivity contribution in [2.75, 3.05) is 7.11 Å². The Balaban J connectivity index is 0.000000671. The lowest BCUT2D eigenvalue weighted by atomic mass is 10.3. The molecule has 0 unspecified atom stereocenters. The van der Waals surface area contributed by atoms with Crippen molar-refractivity contribution >= 4 is 31.9 Å². The second-order valence-corrected chi connectivity index (χ2v) is 3.61. The van der Waals surface area contributed by atoms with Gasteiger partial charge in [-0.1, -0.05) is 13.8 Å². The SMILES string of the molecule is CC.COc1c(Br)cc(F)cc1Br. The molecule has 74 valence electrons. The monoisotopic (exact) mass is 312 g/mol. The van der Waals surface area contributed by atoms with Crippen molar-refractivity contribution in [2.24, 2.45) is 0 Å². The van der Waals surface area contributed by atoms with Gasteiger partial charge in [0, 0.05) is 0 Å². The highest BCUT2D eigenvalue weighted by molar-refractivity contribution is 9.11. The minimum atomic E-state index is -0.301. The number of methoxy groups -OCH3 is 1. The quantitative estimate of drug-likeness (QED) is 0.747. The van der Waals surface area contributed by atoms with E-state index in [1.165, 1.54) is 19.2 Å². The highest BCUT2D eigenvalue weighted by atomic mass is 79.9. The van der Waals surface area contributed by atoms with Gasteiger partial charge in [-0.3, -0.25) is 0 Å². The third kappa shape index (κ3) is 3.65. The fraction of sp³-hybridized carbons (Fsp3) is 0.333. The van der Waals surface area contributed by atoms with Gasteiger partial charge in [-0.25, -0.2) is 4.39 Å². The number of hydrogen-bond donors (Lipinski definition) is 0. The van der Waals surface area contributed by atoms with Crippen LogP contribution >= 0.6 is 31.9 Å². The van der Waals surface area contributed by atoms with Crippen molar-refractivity contribution in [2.45, 2.75) is 13.8 Å². The van der Waals surface area contributed by atoms with Crippen LogP contribution in [-0.4, -0.2) is 7.11 Å². The van der Waals surface area contributed by atoms with E-state index in [0.29, 0.717) is 14.7 Å². The molecule has 0 N–H and O–H groups in total. The van der Waals surface area contributed by atoms with E-state index in [2.05, 4.69) is 31.9 Å². The zero-order chi connectivity index (χ0) is 10.4. The second kappa shape index (κ2) is 6.38. The minimum Gasteiger partial charge on any atom is -0.494 e. The summed E-state index contributed by atoms with van der Waals surface area (Å²) in [5, 5.41) is 0. The van der Waals surface area contributed by atoms with Crippen LogP contribution < -0.4 is 4.74 Å². The van der Waals surface area contributed by atoms with Crippen molar-refractivity contribution in [1.29, 1.82) is 0 Å². The van der Waals surface area contributed by atoms with Crippen molar-refractivity contribution in [3.8, 4) is 5.75 Å². The van der Waals surface area contributed by atoms with E-state index in [-0.39, 0.29) is 5.82 Å². The summed E-state index contributed by atoms with van der Waals surface area (Å²) in [5.41, 5.74) is 0. The van der Waals surface area contributed by atoms with E-state index >= 15 is 0 Å². The number of halogens is 3. The molecule has 0 spiro atoms. The predicted octanol–water partition coefficient (Wildman–Crippen LogP) is 4.39. The molecule has 0 fully saturated rings. The molecule has 13 heavy (non-hydrogen) atoms. The van der Waals surface area contributed by atoms with E-state index < -0.39 is 0 Å². The lowest BCUT2D eigenvalue weighted by molar-refractivity contribution is 0.408. The summed E-state index contributed by atoms with van der Waals surface area (Å²) in [7, 11) is 1.53. The summed E-state index contributed by atoms with van der Waals surface area (Å²) >= 11 is 6.33. The first kappa shape index (κ1) is 12.9. The van der Waals surface area contributed by atoms with Gasteiger partial charge >= 0.3 is 0 Å². The van der Waals surface area contributed by atoms with Gasteiger partial charge in [0.15, 0.2) is 0 Å². The normalized spacial score (nSPS) is 8.77. The molecule has 4 heteroatoms. The number of ether oxygens (including phenoxy) is 1. The molecular formula is C9H11Br2FO. The molecule has 0 saturated carbocycles. The maximum atomic E-state index is 12.6. The molecule has 0 saturated heterocycles. The van der Waals surface area contributed by atoms with E-state index in [0.717, 1.165) is 0 Å². The molecule has 0 amide bonds. The molecule has 0 atom stereocenters. The van der Waals surface area contributed by atoms with Gasteiger partial charge in [0.25, 0.3) is 0 Å². The minimum absolute atomic E-state index is 0.301. The Kier molecular flexibility index (Phi) is 6.33. The predicted molar refractivity (Wildman–Crippen MR) is 59.7 cm³/mol. The third-order valence-corrected chi connectivity index (χ3v) is 2.35. The molecule has 1 nitrogen and oxygen atoms in total. The maximum absolute atomic E-state index is 12.6. The Hall–Kier alpha value is -0.0900. The standard InChI is InChI=1S/C7H5Br2FO.C2H6/c1-11-7-5(8)2-4(10)3-6(7)9;1-2/h2-3H,1H3;1-2H3. The van der Waals surface area contributed by atoms with E-state index in [9.17, 15) is 4.39 Å². The first-order valence-corrected chi connectivity index (χ1v) is 5.42. The third-order valence-electron chi connectivity index (χ3n) is 1.17. The molecule has 0 heterocycles. The van der Waals surface area contributed by atoms with Crippen LogP contribution in [0.4, 0.5) is 4.39 Å². The summed E-state index contributed by atoms with van der Waals surface area (Å²) in [6, 6.07) is 2.70. The first-order valence-electron chi connectivity index (χ1n) is 3.83. The van der Waals surface area contributed by atoms with Crippen molar-refractivity contribution in [1.82, 2.24) is 0 Å². The molecular weight excluding hydrogens is 303 g/mol. The number of rotatable bonds is 1. The van der Waals surface area contributed by atoms with Gasteiger partial charge in [0.05, 0.1) is 16.1 Å². The van der Waals surface area contributed by atoms with Crippen LogP contribution in [0.1, 0.15) is 13.8 Å². The van der Waals surface area contributed by atoms with Gasteiger partial charge in [-0.2, -0.15) is 0 Å². The molecule has 0 aliphatic rings. The molecule has 1 aromatic carbocycles. The van der Waals surface area contributed by atoms with E-state index in [4.69, 9.17) is 4.74 Å². The second-order valence-electron chi connectivity index (χ2n) is 1.90. The smallest absolute Gasteiger partial charge is 0.147 e. The molecule has 1 rings (SSSR count). The Morgan fingerprint density at radius 3 is 1.85 bits per heavy atom. The Morgan fingerprint density at radius 2 is 1.54 bits per heavy atom. The van der Waals surface area contributed by atoms with E-state index in [1.807, 2.05) is 13.8 Å². The maximum Gasteiger partial charge on any atom is 0.147 e. The van der Waals surface area contributed by atoms with Gasteiger partial charge in [-0.05, 0) is 44.0 Å². The first-order chi connectivity index (χ1) is 6.15. The van der Waals surface area contributed by atoms with Crippen LogP contribution in [0.5, 0.6) is 5.75 Å². The summed E-state index contributed by atoms with van der Waals surface area (Å²) in [5.74, 6) is 0.302. The summed E-state index contributed by atoms with van der Waals surface area (Å²) in [4.78, 5) is 0. The fourth-order valence-electron chi connectivity index (χ4n) is 0.724. The topological polar surface area (TPSA) is 9.23 Å². The molecule has 0 aliphatic carbocycles. The molecule has 1 aromatic rings. The Bertz CT molecular complexity index is 253. The van der Waals surface area contributed by atoms with E-state index in [1.54, 1.807) is 0 Å². The van der Waals surface area contributed by atoms with Crippen LogP contribution in [0.15, 0.2) is 21.1 Å².